The summed E-state index contributed by atoms with van der Waals surface area (Å²) >= 11 is 6.98. The van der Waals surface area contributed by atoms with E-state index in [2.05, 4.69) is 43.2 Å². The SMILES string of the molecule is COc1c(Br)cc(CNc2cccc(C)c2C#N)cc1Br. The van der Waals surface area contributed by atoms with Crippen molar-refractivity contribution in [2.45, 2.75) is 13.5 Å². The molecule has 0 fully saturated rings. The number of halogens is 2. The molecule has 108 valence electrons. The first-order valence-electron chi connectivity index (χ1n) is 6.32. The Bertz CT molecular complexity index is 685. The summed E-state index contributed by atoms with van der Waals surface area (Å²) < 4.78 is 7.07. The average molecular weight is 410 g/mol. The maximum atomic E-state index is 9.23. The average Bonchev–Trinajstić information content (AvgIpc) is 2.45. The zero-order valence-corrected chi connectivity index (χ0v) is 14.9. The monoisotopic (exact) mass is 408 g/mol. The zero-order valence-electron chi connectivity index (χ0n) is 11.7. The number of hydrogen-bond acceptors (Lipinski definition) is 3. The van der Waals surface area contributed by atoms with Gasteiger partial charge in [0.1, 0.15) is 11.8 Å². The molecule has 3 nitrogen and oxygen atoms in total. The Hall–Kier alpha value is -1.51. The first-order chi connectivity index (χ1) is 10.1. The van der Waals surface area contributed by atoms with Gasteiger partial charge in [0.2, 0.25) is 0 Å². The Labute approximate surface area is 141 Å². The number of anilines is 1. The van der Waals surface area contributed by atoms with E-state index in [-0.39, 0.29) is 0 Å². The van der Waals surface area contributed by atoms with Gasteiger partial charge in [0.05, 0.1) is 27.3 Å². The van der Waals surface area contributed by atoms with Gasteiger partial charge in [-0.1, -0.05) is 12.1 Å². The lowest BCUT2D eigenvalue weighted by molar-refractivity contribution is 0.409. The van der Waals surface area contributed by atoms with Crippen molar-refractivity contribution in [1.82, 2.24) is 0 Å². The lowest BCUT2D eigenvalue weighted by atomic mass is 10.1. The van der Waals surface area contributed by atoms with Crippen LogP contribution in [-0.4, -0.2) is 7.11 Å². The quantitative estimate of drug-likeness (QED) is 0.771. The third-order valence-corrected chi connectivity index (χ3v) is 4.31. The molecule has 0 aliphatic rings. The van der Waals surface area contributed by atoms with Crippen molar-refractivity contribution in [1.29, 1.82) is 5.26 Å². The van der Waals surface area contributed by atoms with Crippen molar-refractivity contribution >= 4 is 37.5 Å². The lowest BCUT2D eigenvalue weighted by Crippen LogP contribution is -2.02. The fourth-order valence-corrected chi connectivity index (χ4v) is 3.68. The van der Waals surface area contributed by atoms with Crippen LogP contribution in [0.15, 0.2) is 39.3 Å². The lowest BCUT2D eigenvalue weighted by Gasteiger charge is -2.12. The largest absolute Gasteiger partial charge is 0.494 e. The maximum Gasteiger partial charge on any atom is 0.147 e. The van der Waals surface area contributed by atoms with Crippen LogP contribution >= 0.6 is 31.9 Å². The number of aryl methyl sites for hydroxylation is 1. The van der Waals surface area contributed by atoms with Gasteiger partial charge in [-0.15, -0.1) is 0 Å². The Morgan fingerprint density at radius 2 is 1.90 bits per heavy atom. The van der Waals surface area contributed by atoms with Gasteiger partial charge in [0.25, 0.3) is 0 Å². The predicted molar refractivity (Wildman–Crippen MR) is 91.6 cm³/mol. The van der Waals surface area contributed by atoms with E-state index < -0.39 is 0 Å². The van der Waals surface area contributed by atoms with Gasteiger partial charge in [0, 0.05) is 6.54 Å². The molecule has 0 atom stereocenters. The van der Waals surface area contributed by atoms with E-state index in [0.717, 1.165) is 31.5 Å². The second kappa shape index (κ2) is 6.97. The third kappa shape index (κ3) is 3.58. The van der Waals surface area contributed by atoms with Gasteiger partial charge in [-0.25, -0.2) is 0 Å². The van der Waals surface area contributed by atoms with E-state index in [1.165, 1.54) is 0 Å². The first kappa shape index (κ1) is 15.9. The second-order valence-corrected chi connectivity index (χ2v) is 6.26. The minimum atomic E-state index is 0.624. The third-order valence-electron chi connectivity index (χ3n) is 3.13. The molecule has 0 aliphatic carbocycles. The number of benzene rings is 2. The molecular weight excluding hydrogens is 396 g/mol. The highest BCUT2D eigenvalue weighted by Gasteiger charge is 2.09. The molecule has 0 aromatic heterocycles. The van der Waals surface area contributed by atoms with E-state index in [0.29, 0.717) is 12.1 Å². The highest BCUT2D eigenvalue weighted by Crippen LogP contribution is 2.34. The number of ether oxygens (including phenoxy) is 1. The normalized spacial score (nSPS) is 10.0. The van der Waals surface area contributed by atoms with E-state index in [1.54, 1.807) is 7.11 Å². The van der Waals surface area contributed by atoms with Crippen molar-refractivity contribution in [2.75, 3.05) is 12.4 Å². The molecule has 0 spiro atoms. The minimum absolute atomic E-state index is 0.624. The van der Waals surface area contributed by atoms with Gasteiger partial charge in [-0.2, -0.15) is 5.26 Å². The Balaban J connectivity index is 2.22. The van der Waals surface area contributed by atoms with Crippen LogP contribution in [-0.2, 0) is 6.54 Å². The summed E-state index contributed by atoms with van der Waals surface area (Å²) in [5.41, 5.74) is 3.59. The summed E-state index contributed by atoms with van der Waals surface area (Å²) in [4.78, 5) is 0. The number of methoxy groups -OCH3 is 1. The van der Waals surface area contributed by atoms with Crippen LogP contribution in [0.5, 0.6) is 5.75 Å². The Morgan fingerprint density at radius 3 is 2.48 bits per heavy atom. The molecule has 0 saturated heterocycles. The van der Waals surface area contributed by atoms with Crippen LogP contribution in [0, 0.1) is 18.3 Å². The van der Waals surface area contributed by atoms with Crippen molar-refractivity contribution in [3.63, 3.8) is 0 Å². The number of rotatable bonds is 4. The molecule has 2 aromatic rings. The van der Waals surface area contributed by atoms with Crippen molar-refractivity contribution < 1.29 is 4.74 Å². The molecule has 0 radical (unpaired) electrons. The Kier molecular flexibility index (Phi) is 5.27. The molecule has 0 heterocycles. The van der Waals surface area contributed by atoms with Crippen LogP contribution in [0.2, 0.25) is 0 Å². The van der Waals surface area contributed by atoms with Gasteiger partial charge in [-0.3, -0.25) is 0 Å². The summed E-state index contributed by atoms with van der Waals surface area (Å²) in [5, 5.41) is 12.5. The zero-order chi connectivity index (χ0) is 15.4. The van der Waals surface area contributed by atoms with Gasteiger partial charge >= 0.3 is 0 Å². The number of hydrogen-bond donors (Lipinski definition) is 1. The topological polar surface area (TPSA) is 45.0 Å². The smallest absolute Gasteiger partial charge is 0.147 e. The first-order valence-corrected chi connectivity index (χ1v) is 7.91. The van der Waals surface area contributed by atoms with Crippen molar-refractivity contribution in [2.24, 2.45) is 0 Å². The van der Waals surface area contributed by atoms with Gasteiger partial charge < -0.3 is 10.1 Å². The molecule has 2 aromatic carbocycles. The van der Waals surface area contributed by atoms with Gasteiger partial charge in [0.15, 0.2) is 0 Å². The van der Waals surface area contributed by atoms with Crippen LogP contribution in [0.25, 0.3) is 0 Å². The van der Waals surface area contributed by atoms with Crippen molar-refractivity contribution in [3.05, 3.63) is 56.0 Å². The highest BCUT2D eigenvalue weighted by molar-refractivity contribution is 9.11. The summed E-state index contributed by atoms with van der Waals surface area (Å²) in [6.07, 6.45) is 0. The van der Waals surface area contributed by atoms with Gasteiger partial charge in [-0.05, 0) is 68.1 Å². The van der Waals surface area contributed by atoms with Crippen LogP contribution in [0.1, 0.15) is 16.7 Å². The molecule has 2 rings (SSSR count). The number of nitriles is 1. The van der Waals surface area contributed by atoms with E-state index in [4.69, 9.17) is 4.74 Å². The minimum Gasteiger partial charge on any atom is -0.494 e. The summed E-state index contributed by atoms with van der Waals surface area (Å²) in [6.45, 7) is 2.56. The maximum absolute atomic E-state index is 9.23. The Morgan fingerprint density at radius 1 is 1.24 bits per heavy atom. The molecule has 0 aliphatic heterocycles. The van der Waals surface area contributed by atoms with Crippen LogP contribution in [0.3, 0.4) is 0 Å². The molecule has 5 heteroatoms. The predicted octanol–water partition coefficient (Wildman–Crippen LogP) is 5.01. The molecule has 0 bridgehead atoms. The van der Waals surface area contributed by atoms with Crippen molar-refractivity contribution in [3.8, 4) is 11.8 Å². The van der Waals surface area contributed by atoms with Crippen LogP contribution < -0.4 is 10.1 Å². The number of nitrogens with one attached hydrogen (secondary N) is 1. The van der Waals surface area contributed by atoms with E-state index >= 15 is 0 Å². The summed E-state index contributed by atoms with van der Waals surface area (Å²) in [6, 6.07) is 12.0. The molecule has 0 amide bonds. The summed E-state index contributed by atoms with van der Waals surface area (Å²) in [5.74, 6) is 0.770. The molecular formula is C16H14Br2N2O. The molecule has 21 heavy (non-hydrogen) atoms. The molecule has 0 unspecified atom stereocenters. The number of nitrogens with zero attached hydrogens (tertiary/aromatic N) is 1. The highest BCUT2D eigenvalue weighted by atomic mass is 79.9. The fourth-order valence-electron chi connectivity index (χ4n) is 2.07. The fraction of sp³-hybridized carbons (Fsp3) is 0.188. The second-order valence-electron chi connectivity index (χ2n) is 4.56. The molecule has 1 N–H and O–H groups in total. The van der Waals surface area contributed by atoms with E-state index in [1.807, 2.05) is 37.3 Å². The standard InChI is InChI=1S/C16H14Br2N2O/c1-10-4-3-5-15(12(10)8-19)20-9-11-6-13(17)16(21-2)14(18)7-11/h3-7,20H,9H2,1-2H3. The summed E-state index contributed by atoms with van der Waals surface area (Å²) in [7, 11) is 1.63. The molecule has 0 saturated carbocycles. The van der Waals surface area contributed by atoms with Crippen LogP contribution in [0.4, 0.5) is 5.69 Å². The van der Waals surface area contributed by atoms with E-state index in [9.17, 15) is 5.26 Å².